The zero-order chi connectivity index (χ0) is 20.7. The number of aliphatic hydroxyl groups is 2. The van der Waals surface area contributed by atoms with Crippen molar-refractivity contribution < 1.29 is 10.2 Å². The molecule has 3 heterocycles. The number of aliphatic hydroxyl groups excluding tert-OH is 2. The van der Waals surface area contributed by atoms with Crippen molar-refractivity contribution in [1.29, 1.82) is 0 Å². The number of fused-ring (bicyclic) bond motifs is 1. The first-order chi connectivity index (χ1) is 14.6. The molecule has 1 aromatic carbocycles. The summed E-state index contributed by atoms with van der Waals surface area (Å²) in [5.74, 6) is 0.810. The molecule has 1 atom stereocenters. The molecule has 1 aliphatic carbocycles. The van der Waals surface area contributed by atoms with Crippen LogP contribution >= 0.6 is 0 Å². The summed E-state index contributed by atoms with van der Waals surface area (Å²) in [7, 11) is 0. The molecule has 1 aliphatic rings. The van der Waals surface area contributed by atoms with E-state index in [1.165, 1.54) is 6.20 Å². The third-order valence-electron chi connectivity index (χ3n) is 5.69. The van der Waals surface area contributed by atoms with Gasteiger partial charge in [-0.25, -0.2) is 9.67 Å². The molecule has 1 saturated carbocycles. The molecule has 4 N–H and O–H groups in total. The van der Waals surface area contributed by atoms with Gasteiger partial charge in [-0.05, 0) is 37.0 Å². The summed E-state index contributed by atoms with van der Waals surface area (Å²) in [4.78, 5) is 13.3. The van der Waals surface area contributed by atoms with E-state index in [4.69, 9.17) is 10.7 Å². The molecule has 0 radical (unpaired) electrons. The topological polar surface area (TPSA) is 123 Å². The minimum Gasteiger partial charge on any atom is -0.393 e. The number of pyridine rings is 1. The van der Waals surface area contributed by atoms with E-state index in [1.54, 1.807) is 17.1 Å². The van der Waals surface area contributed by atoms with Gasteiger partial charge in [-0.1, -0.05) is 18.2 Å². The molecule has 0 aliphatic heterocycles. The maximum Gasteiger partial charge on any atom is 0.172 e. The van der Waals surface area contributed by atoms with Crippen LogP contribution in [0.4, 0.5) is 0 Å². The van der Waals surface area contributed by atoms with Crippen LogP contribution in [0.2, 0.25) is 0 Å². The first-order valence-electron chi connectivity index (χ1n) is 9.93. The molecule has 0 amide bonds. The standard InChI is InChI=1S/C22H22N6O2/c23-22(15-6-17(30)7-15)19-3-1-2-18(27-19)13-4-5-14-9-25-28(20(14)8-13)21-11-24-10-16(12-29)26-21/h1-5,8-11,15,17,22,29-30H,6-7,12,23H2/t15?,17?,22-/m0/s1. The lowest BCUT2D eigenvalue weighted by Crippen LogP contribution is -2.36. The number of aromatic nitrogens is 5. The maximum atomic E-state index is 9.57. The molecule has 8 heteroatoms. The molecule has 0 spiro atoms. The fraction of sp³-hybridized carbons (Fsp3) is 0.273. The van der Waals surface area contributed by atoms with E-state index < -0.39 is 0 Å². The summed E-state index contributed by atoms with van der Waals surface area (Å²) < 4.78 is 1.70. The lowest BCUT2D eigenvalue weighted by molar-refractivity contribution is 0.0302. The molecule has 4 aromatic rings. The van der Waals surface area contributed by atoms with Crippen molar-refractivity contribution in [3.8, 4) is 17.1 Å². The van der Waals surface area contributed by atoms with Gasteiger partial charge in [0.1, 0.15) is 0 Å². The minimum absolute atomic E-state index is 0.180. The zero-order valence-corrected chi connectivity index (χ0v) is 16.3. The highest BCUT2D eigenvalue weighted by atomic mass is 16.3. The van der Waals surface area contributed by atoms with Gasteiger partial charge in [0.25, 0.3) is 0 Å². The molecule has 152 valence electrons. The van der Waals surface area contributed by atoms with Crippen LogP contribution in [0.5, 0.6) is 0 Å². The number of rotatable bonds is 5. The Morgan fingerprint density at radius 2 is 1.97 bits per heavy atom. The highest BCUT2D eigenvalue weighted by Crippen LogP contribution is 2.36. The van der Waals surface area contributed by atoms with Gasteiger partial charge in [-0.2, -0.15) is 5.10 Å². The quantitative estimate of drug-likeness (QED) is 0.467. The van der Waals surface area contributed by atoms with Gasteiger partial charge >= 0.3 is 0 Å². The maximum absolute atomic E-state index is 9.57. The van der Waals surface area contributed by atoms with E-state index >= 15 is 0 Å². The average Bonchev–Trinajstić information content (AvgIpc) is 3.20. The van der Waals surface area contributed by atoms with Crippen molar-refractivity contribution in [1.82, 2.24) is 24.7 Å². The number of hydrogen-bond donors (Lipinski definition) is 3. The van der Waals surface area contributed by atoms with Gasteiger partial charge in [0.15, 0.2) is 5.82 Å². The Labute approximate surface area is 173 Å². The molecule has 0 bridgehead atoms. The summed E-state index contributed by atoms with van der Waals surface area (Å²) in [6.45, 7) is -0.180. The Balaban J connectivity index is 1.52. The number of hydrogen-bond acceptors (Lipinski definition) is 7. The van der Waals surface area contributed by atoms with Crippen molar-refractivity contribution in [3.05, 3.63) is 66.4 Å². The number of nitrogens with two attached hydrogens (primary N) is 1. The van der Waals surface area contributed by atoms with Gasteiger partial charge in [-0.15, -0.1) is 0 Å². The van der Waals surface area contributed by atoms with Crippen LogP contribution < -0.4 is 5.73 Å². The molecule has 8 nitrogen and oxygen atoms in total. The highest BCUT2D eigenvalue weighted by molar-refractivity contribution is 5.84. The predicted molar refractivity (Wildman–Crippen MR) is 111 cm³/mol. The lowest BCUT2D eigenvalue weighted by atomic mass is 9.76. The second kappa shape index (κ2) is 7.56. The van der Waals surface area contributed by atoms with E-state index in [2.05, 4.69) is 15.1 Å². The van der Waals surface area contributed by atoms with Crippen LogP contribution in [0.15, 0.2) is 55.0 Å². The van der Waals surface area contributed by atoms with Gasteiger partial charge in [-0.3, -0.25) is 9.97 Å². The van der Waals surface area contributed by atoms with Crippen molar-refractivity contribution in [2.24, 2.45) is 11.7 Å². The third kappa shape index (κ3) is 3.35. The molecule has 0 unspecified atom stereocenters. The first kappa shape index (κ1) is 18.8. The van der Waals surface area contributed by atoms with E-state index in [0.717, 1.165) is 40.7 Å². The van der Waals surface area contributed by atoms with Crippen LogP contribution in [0.1, 0.15) is 30.3 Å². The Kier molecular flexibility index (Phi) is 4.74. The van der Waals surface area contributed by atoms with Crippen LogP contribution in [-0.4, -0.2) is 41.0 Å². The summed E-state index contributed by atoms with van der Waals surface area (Å²) in [6, 6.07) is 11.7. The average molecular weight is 402 g/mol. The van der Waals surface area contributed by atoms with Crippen LogP contribution in [0.3, 0.4) is 0 Å². The molecular weight excluding hydrogens is 380 g/mol. The van der Waals surface area contributed by atoms with E-state index in [0.29, 0.717) is 11.5 Å². The van der Waals surface area contributed by atoms with Crippen molar-refractivity contribution in [2.45, 2.75) is 31.6 Å². The van der Waals surface area contributed by atoms with Crippen LogP contribution in [0.25, 0.3) is 28.0 Å². The van der Waals surface area contributed by atoms with E-state index in [1.807, 2.05) is 36.4 Å². The van der Waals surface area contributed by atoms with Gasteiger partial charge in [0.05, 0.1) is 59.9 Å². The molecule has 3 aromatic heterocycles. The highest BCUT2D eigenvalue weighted by Gasteiger charge is 2.33. The fourth-order valence-corrected chi connectivity index (χ4v) is 3.90. The summed E-state index contributed by atoms with van der Waals surface area (Å²) in [5.41, 5.74) is 10.3. The lowest BCUT2D eigenvalue weighted by Gasteiger charge is -2.35. The first-order valence-corrected chi connectivity index (χ1v) is 9.93. The van der Waals surface area contributed by atoms with Crippen molar-refractivity contribution in [3.63, 3.8) is 0 Å². The number of benzene rings is 1. The predicted octanol–water partition coefficient (Wildman–Crippen LogP) is 2.14. The largest absolute Gasteiger partial charge is 0.393 e. The Bertz CT molecular complexity index is 1200. The summed E-state index contributed by atoms with van der Waals surface area (Å²) in [6.07, 6.45) is 6.13. The van der Waals surface area contributed by atoms with Gasteiger partial charge < -0.3 is 15.9 Å². The Morgan fingerprint density at radius 3 is 2.77 bits per heavy atom. The SMILES string of the molecule is N[C@H](c1cccc(-c2ccc3cnn(-c4cncc(CO)n4)c3c2)n1)C1CC(O)C1. The second-order valence-electron chi connectivity index (χ2n) is 7.72. The smallest absolute Gasteiger partial charge is 0.172 e. The summed E-state index contributed by atoms with van der Waals surface area (Å²) >= 11 is 0. The van der Waals surface area contributed by atoms with Crippen molar-refractivity contribution in [2.75, 3.05) is 0 Å². The minimum atomic E-state index is -0.237. The van der Waals surface area contributed by atoms with Crippen LogP contribution in [0, 0.1) is 5.92 Å². The monoisotopic (exact) mass is 402 g/mol. The Hall–Kier alpha value is -3.20. The third-order valence-corrected chi connectivity index (χ3v) is 5.69. The molecular formula is C22H22N6O2. The fourth-order valence-electron chi connectivity index (χ4n) is 3.90. The van der Waals surface area contributed by atoms with Gasteiger partial charge in [0.2, 0.25) is 0 Å². The van der Waals surface area contributed by atoms with E-state index in [-0.39, 0.29) is 24.7 Å². The number of nitrogens with zero attached hydrogens (tertiary/aromatic N) is 5. The molecule has 0 saturated heterocycles. The van der Waals surface area contributed by atoms with Crippen LogP contribution in [-0.2, 0) is 6.61 Å². The normalized spacial score (nSPS) is 19.6. The molecule has 1 fully saturated rings. The van der Waals surface area contributed by atoms with E-state index in [9.17, 15) is 10.2 Å². The van der Waals surface area contributed by atoms with Crippen molar-refractivity contribution >= 4 is 10.9 Å². The summed E-state index contributed by atoms with van der Waals surface area (Å²) in [5, 5.41) is 24.3. The zero-order valence-electron chi connectivity index (χ0n) is 16.3. The Morgan fingerprint density at radius 1 is 1.10 bits per heavy atom. The molecule has 30 heavy (non-hydrogen) atoms. The molecule has 5 rings (SSSR count). The second-order valence-corrected chi connectivity index (χ2v) is 7.72. The van der Waals surface area contributed by atoms with Gasteiger partial charge in [0, 0.05) is 10.9 Å².